The van der Waals surface area contributed by atoms with E-state index in [-0.39, 0.29) is 11.8 Å². The van der Waals surface area contributed by atoms with Gasteiger partial charge in [0.1, 0.15) is 11.9 Å². The van der Waals surface area contributed by atoms with E-state index >= 15 is 0 Å². The fourth-order valence-corrected chi connectivity index (χ4v) is 4.92. The lowest BCUT2D eigenvalue weighted by Crippen LogP contribution is -2.59. The van der Waals surface area contributed by atoms with Crippen molar-refractivity contribution in [3.63, 3.8) is 0 Å². The second kappa shape index (κ2) is 5.37. The second-order valence-electron chi connectivity index (χ2n) is 6.89. The summed E-state index contributed by atoms with van der Waals surface area (Å²) in [6, 6.07) is 3.80. The van der Waals surface area contributed by atoms with Crippen LogP contribution in [0, 0.1) is 0 Å². The number of nitrogens with one attached hydrogen (secondary N) is 1. The van der Waals surface area contributed by atoms with Crippen LogP contribution in [0.4, 0.5) is 0 Å². The molecule has 1 fully saturated rings. The van der Waals surface area contributed by atoms with Gasteiger partial charge in [-0.1, -0.05) is 6.07 Å². The number of phenols is 1. The number of benzene rings is 1. The van der Waals surface area contributed by atoms with Crippen molar-refractivity contribution in [2.45, 2.75) is 42.9 Å². The monoisotopic (exact) mass is 333 g/mol. The maximum atomic E-state index is 10.8. The molecular formula is C18H23NO5. The molecule has 6 heteroatoms. The third-order valence-electron chi connectivity index (χ3n) is 5.83. The summed E-state index contributed by atoms with van der Waals surface area (Å²) in [5, 5.41) is 35.2. The molecular weight excluding hydrogens is 310 g/mol. The summed E-state index contributed by atoms with van der Waals surface area (Å²) in [5.41, 5.74) is 2.29. The Hall–Kier alpha value is -1.76. The number of rotatable bonds is 2. The third-order valence-corrected chi connectivity index (χ3v) is 5.83. The predicted molar refractivity (Wildman–Crippen MR) is 87.1 cm³/mol. The Bertz CT molecular complexity index is 716. The maximum absolute atomic E-state index is 10.8. The summed E-state index contributed by atoms with van der Waals surface area (Å²) in [7, 11) is 3.05. The minimum Gasteiger partial charge on any atom is -0.504 e. The Balaban J connectivity index is 2.04. The molecule has 1 aromatic rings. The fourth-order valence-electron chi connectivity index (χ4n) is 4.92. The molecule has 0 aromatic heterocycles. The summed E-state index contributed by atoms with van der Waals surface area (Å²) in [6.07, 6.45) is -0.167. The second-order valence-corrected chi connectivity index (χ2v) is 6.89. The van der Waals surface area contributed by atoms with Gasteiger partial charge >= 0.3 is 0 Å². The molecule has 0 radical (unpaired) electrons. The molecule has 1 saturated heterocycles. The number of phenolic OH excluding ortho intramolecular Hbond substituents is 1. The van der Waals surface area contributed by atoms with E-state index in [4.69, 9.17) is 9.47 Å². The van der Waals surface area contributed by atoms with Crippen LogP contribution >= 0.6 is 0 Å². The van der Waals surface area contributed by atoms with Crippen LogP contribution in [0.25, 0.3) is 0 Å². The van der Waals surface area contributed by atoms with Gasteiger partial charge in [0.25, 0.3) is 0 Å². The molecule has 0 amide bonds. The van der Waals surface area contributed by atoms with Crippen LogP contribution in [0.5, 0.6) is 11.5 Å². The number of hydrogen-bond donors (Lipinski definition) is 4. The number of fused-ring (bicyclic) bond motifs is 1. The van der Waals surface area contributed by atoms with E-state index in [1.165, 1.54) is 14.2 Å². The molecule has 1 aliphatic heterocycles. The SMILES string of the molecule is COC1=C2[C@H]3Cc4ccc(OC)c(O)c4[C@]2(CCN3)C[C@@H](O)[C@H]1O. The third kappa shape index (κ3) is 1.87. The lowest BCUT2D eigenvalue weighted by molar-refractivity contribution is -0.0260. The van der Waals surface area contributed by atoms with E-state index in [1.54, 1.807) is 6.07 Å². The van der Waals surface area contributed by atoms with Gasteiger partial charge in [0.2, 0.25) is 0 Å². The van der Waals surface area contributed by atoms with E-state index in [2.05, 4.69) is 5.32 Å². The van der Waals surface area contributed by atoms with Crippen molar-refractivity contribution in [2.75, 3.05) is 20.8 Å². The number of methoxy groups -OCH3 is 2. The number of ether oxygens (including phenoxy) is 2. The van der Waals surface area contributed by atoms with Crippen LogP contribution in [-0.2, 0) is 16.6 Å². The van der Waals surface area contributed by atoms with Crippen LogP contribution in [0.3, 0.4) is 0 Å². The van der Waals surface area contributed by atoms with E-state index in [9.17, 15) is 15.3 Å². The van der Waals surface area contributed by atoms with E-state index in [0.717, 1.165) is 29.7 Å². The first-order chi connectivity index (χ1) is 11.5. The van der Waals surface area contributed by atoms with Gasteiger partial charge in [0, 0.05) is 17.0 Å². The summed E-state index contributed by atoms with van der Waals surface area (Å²) in [5.74, 6) is 0.991. The molecule has 0 spiro atoms. The molecule has 1 aromatic carbocycles. The quantitative estimate of drug-likeness (QED) is 0.633. The minimum atomic E-state index is -1.03. The van der Waals surface area contributed by atoms with Gasteiger partial charge in [-0.25, -0.2) is 0 Å². The predicted octanol–water partition coefficient (Wildman–Crippen LogP) is 0.583. The largest absolute Gasteiger partial charge is 0.504 e. The van der Waals surface area contributed by atoms with Crippen molar-refractivity contribution in [3.8, 4) is 11.5 Å². The standard InChI is InChI=1S/C18H23NO5/c1-23-12-4-3-9-7-10-14-17(24-2)15(21)11(20)8-18(14,5-6-19-10)13(9)16(12)22/h3-4,10-11,15,19-22H,5-8H2,1-2H3/t10-,11-,15-,18+/m1/s1. The number of aliphatic hydroxyl groups excluding tert-OH is 2. The van der Waals surface area contributed by atoms with Crippen LogP contribution < -0.4 is 10.1 Å². The molecule has 3 aliphatic rings. The van der Waals surface area contributed by atoms with Gasteiger partial charge in [0.15, 0.2) is 11.5 Å². The van der Waals surface area contributed by atoms with E-state index in [0.29, 0.717) is 24.4 Å². The summed E-state index contributed by atoms with van der Waals surface area (Å²) in [6.45, 7) is 0.782. The molecule has 1 heterocycles. The van der Waals surface area contributed by atoms with Crippen molar-refractivity contribution < 1.29 is 24.8 Å². The summed E-state index contributed by atoms with van der Waals surface area (Å²) in [4.78, 5) is 0. The lowest BCUT2D eigenvalue weighted by atomic mass is 9.55. The Morgan fingerprint density at radius 2 is 2.00 bits per heavy atom. The first-order valence-electron chi connectivity index (χ1n) is 8.31. The summed E-state index contributed by atoms with van der Waals surface area (Å²) >= 11 is 0. The van der Waals surface area contributed by atoms with Crippen molar-refractivity contribution in [2.24, 2.45) is 0 Å². The highest BCUT2D eigenvalue weighted by atomic mass is 16.5. The van der Waals surface area contributed by atoms with Crippen molar-refractivity contribution >= 4 is 0 Å². The highest BCUT2D eigenvalue weighted by molar-refractivity contribution is 5.62. The molecule has 4 rings (SSSR count). The van der Waals surface area contributed by atoms with Gasteiger partial charge in [-0.3, -0.25) is 0 Å². The molecule has 6 nitrogen and oxygen atoms in total. The number of hydrogen-bond acceptors (Lipinski definition) is 6. The number of aliphatic hydroxyl groups is 2. The van der Waals surface area contributed by atoms with Gasteiger partial charge in [-0.2, -0.15) is 0 Å². The van der Waals surface area contributed by atoms with Crippen LogP contribution in [-0.4, -0.2) is 54.3 Å². The van der Waals surface area contributed by atoms with Crippen LogP contribution in [0.1, 0.15) is 24.0 Å². The number of aromatic hydroxyl groups is 1. The van der Waals surface area contributed by atoms with Gasteiger partial charge in [-0.15, -0.1) is 0 Å². The topological polar surface area (TPSA) is 91.2 Å². The van der Waals surface area contributed by atoms with Gasteiger partial charge in [0.05, 0.1) is 20.3 Å². The maximum Gasteiger partial charge on any atom is 0.162 e. The van der Waals surface area contributed by atoms with Crippen LogP contribution in [0.15, 0.2) is 23.5 Å². The van der Waals surface area contributed by atoms with Crippen molar-refractivity contribution in [1.82, 2.24) is 5.32 Å². The molecule has 4 N–H and O–H groups in total. The zero-order valence-electron chi connectivity index (χ0n) is 13.9. The zero-order valence-corrected chi connectivity index (χ0v) is 13.9. The van der Waals surface area contributed by atoms with Crippen molar-refractivity contribution in [1.29, 1.82) is 0 Å². The molecule has 2 aliphatic carbocycles. The van der Waals surface area contributed by atoms with E-state index < -0.39 is 17.6 Å². The Labute approximate surface area is 140 Å². The Morgan fingerprint density at radius 3 is 2.71 bits per heavy atom. The fraction of sp³-hybridized carbons (Fsp3) is 0.556. The van der Waals surface area contributed by atoms with E-state index in [1.807, 2.05) is 6.07 Å². The molecule has 4 atom stereocenters. The lowest BCUT2D eigenvalue weighted by Gasteiger charge is -2.53. The normalized spacial score (nSPS) is 34.4. The minimum absolute atomic E-state index is 0.0381. The van der Waals surface area contributed by atoms with Gasteiger partial charge < -0.3 is 30.1 Å². The Kier molecular flexibility index (Phi) is 3.53. The Morgan fingerprint density at radius 1 is 1.21 bits per heavy atom. The highest BCUT2D eigenvalue weighted by Gasteiger charge is 2.55. The first kappa shape index (κ1) is 15.7. The molecule has 130 valence electrons. The van der Waals surface area contributed by atoms with Crippen molar-refractivity contribution in [3.05, 3.63) is 34.6 Å². The number of piperidine rings is 1. The summed E-state index contributed by atoms with van der Waals surface area (Å²) < 4.78 is 10.8. The average molecular weight is 333 g/mol. The molecule has 0 saturated carbocycles. The molecule has 24 heavy (non-hydrogen) atoms. The molecule has 0 unspecified atom stereocenters. The molecule has 2 bridgehead atoms. The average Bonchev–Trinajstić information content (AvgIpc) is 2.55. The van der Waals surface area contributed by atoms with Crippen LogP contribution in [0.2, 0.25) is 0 Å². The van der Waals surface area contributed by atoms with Gasteiger partial charge in [-0.05, 0) is 43.0 Å². The first-order valence-corrected chi connectivity index (χ1v) is 8.31. The zero-order chi connectivity index (χ0) is 17.1. The highest BCUT2D eigenvalue weighted by Crippen LogP contribution is 2.57. The smallest absolute Gasteiger partial charge is 0.162 e.